The van der Waals surface area contributed by atoms with Gasteiger partial charge in [-0.25, -0.2) is 4.98 Å². The standard InChI is InChI=1S/C26H27N3O2S.ClH/c1-4-19-13-14-23-24(17-19)32-26(27-23)29(16-15-28(2)3)25(30)20-9-8-12-22(18-20)31-21-10-6-5-7-11-21;/h5-14,17-18H,4,15-16H2,1-3H3;1H. The van der Waals surface area contributed by atoms with Crippen molar-refractivity contribution in [2.45, 2.75) is 13.3 Å². The Morgan fingerprint density at radius 3 is 2.42 bits per heavy atom. The average Bonchev–Trinajstić information content (AvgIpc) is 3.22. The number of nitrogens with zero attached hydrogens (tertiary/aromatic N) is 3. The molecule has 4 rings (SSSR count). The molecular formula is C26H28ClN3O2S. The number of thiazole rings is 1. The number of hydrogen-bond acceptors (Lipinski definition) is 5. The number of hydrogen-bond donors (Lipinski definition) is 0. The van der Waals surface area contributed by atoms with Gasteiger partial charge in [0, 0.05) is 18.7 Å². The van der Waals surface area contributed by atoms with Gasteiger partial charge in [0.2, 0.25) is 0 Å². The van der Waals surface area contributed by atoms with Crippen molar-refractivity contribution in [2.24, 2.45) is 0 Å². The number of rotatable bonds is 8. The highest BCUT2D eigenvalue weighted by Crippen LogP contribution is 2.31. The van der Waals surface area contributed by atoms with E-state index in [-0.39, 0.29) is 18.3 Å². The predicted octanol–water partition coefficient (Wildman–Crippen LogP) is 6.28. The molecular weight excluding hydrogens is 454 g/mol. The zero-order valence-electron chi connectivity index (χ0n) is 19.0. The summed E-state index contributed by atoms with van der Waals surface area (Å²) in [5.74, 6) is 1.28. The molecule has 0 bridgehead atoms. The number of fused-ring (bicyclic) bond motifs is 1. The Hall–Kier alpha value is -2.93. The second-order valence-electron chi connectivity index (χ2n) is 7.86. The molecule has 3 aromatic carbocycles. The lowest BCUT2D eigenvalue weighted by molar-refractivity contribution is 0.0985. The maximum atomic E-state index is 13.6. The molecule has 0 atom stereocenters. The Labute approximate surface area is 205 Å². The van der Waals surface area contributed by atoms with Gasteiger partial charge < -0.3 is 9.64 Å². The normalized spacial score (nSPS) is 10.8. The van der Waals surface area contributed by atoms with Gasteiger partial charge in [-0.3, -0.25) is 9.69 Å². The fourth-order valence-electron chi connectivity index (χ4n) is 3.35. The third-order valence-electron chi connectivity index (χ3n) is 5.16. The summed E-state index contributed by atoms with van der Waals surface area (Å²) in [4.78, 5) is 22.2. The summed E-state index contributed by atoms with van der Waals surface area (Å²) in [6.07, 6.45) is 0.973. The van der Waals surface area contributed by atoms with Gasteiger partial charge in [0.15, 0.2) is 5.13 Å². The average molecular weight is 482 g/mol. The van der Waals surface area contributed by atoms with Crippen LogP contribution in [0.2, 0.25) is 0 Å². The number of amides is 1. The van der Waals surface area contributed by atoms with E-state index < -0.39 is 0 Å². The lowest BCUT2D eigenvalue weighted by Crippen LogP contribution is -2.36. The highest BCUT2D eigenvalue weighted by Gasteiger charge is 2.22. The van der Waals surface area contributed by atoms with E-state index in [4.69, 9.17) is 9.72 Å². The Morgan fingerprint density at radius 2 is 1.70 bits per heavy atom. The summed E-state index contributed by atoms with van der Waals surface area (Å²) >= 11 is 1.56. The molecule has 5 nitrogen and oxygen atoms in total. The second-order valence-corrected chi connectivity index (χ2v) is 8.86. The molecule has 1 aromatic heterocycles. The number of ether oxygens (including phenoxy) is 1. The molecule has 33 heavy (non-hydrogen) atoms. The van der Waals surface area contributed by atoms with E-state index in [0.29, 0.717) is 17.9 Å². The van der Waals surface area contributed by atoms with Crippen molar-refractivity contribution < 1.29 is 9.53 Å². The maximum absolute atomic E-state index is 13.6. The molecule has 0 aliphatic carbocycles. The number of likely N-dealkylation sites (N-methyl/N-ethyl adjacent to an activating group) is 1. The van der Waals surface area contributed by atoms with E-state index in [9.17, 15) is 4.79 Å². The van der Waals surface area contributed by atoms with Crippen LogP contribution in [-0.2, 0) is 6.42 Å². The molecule has 0 spiro atoms. The van der Waals surface area contributed by atoms with Gasteiger partial charge in [0.05, 0.1) is 10.2 Å². The summed E-state index contributed by atoms with van der Waals surface area (Å²) in [6, 6.07) is 23.2. The van der Waals surface area contributed by atoms with Crippen LogP contribution in [0.3, 0.4) is 0 Å². The van der Waals surface area contributed by atoms with E-state index >= 15 is 0 Å². The number of halogens is 1. The van der Waals surface area contributed by atoms with Crippen LogP contribution in [0, 0.1) is 0 Å². The van der Waals surface area contributed by atoms with Crippen LogP contribution in [-0.4, -0.2) is 43.0 Å². The Balaban J connectivity index is 0.00000306. The first kappa shape index (κ1) is 24.7. The van der Waals surface area contributed by atoms with Crippen LogP contribution >= 0.6 is 23.7 Å². The lowest BCUT2D eigenvalue weighted by Gasteiger charge is -2.22. The van der Waals surface area contributed by atoms with Crippen molar-refractivity contribution in [1.82, 2.24) is 9.88 Å². The SMILES string of the molecule is CCc1ccc2nc(N(CCN(C)C)C(=O)c3cccc(Oc4ccccc4)c3)sc2c1.Cl. The topological polar surface area (TPSA) is 45.7 Å². The van der Waals surface area contributed by atoms with Crippen molar-refractivity contribution in [3.63, 3.8) is 0 Å². The number of aromatic nitrogens is 1. The highest BCUT2D eigenvalue weighted by atomic mass is 35.5. The number of anilines is 1. The van der Waals surface area contributed by atoms with E-state index in [2.05, 4.69) is 24.0 Å². The zero-order chi connectivity index (χ0) is 22.5. The summed E-state index contributed by atoms with van der Waals surface area (Å²) < 4.78 is 7.03. The van der Waals surface area contributed by atoms with Crippen molar-refractivity contribution in [1.29, 1.82) is 0 Å². The van der Waals surface area contributed by atoms with Crippen LogP contribution in [0.25, 0.3) is 10.2 Å². The smallest absolute Gasteiger partial charge is 0.260 e. The van der Waals surface area contributed by atoms with Crippen LogP contribution in [0.15, 0.2) is 72.8 Å². The van der Waals surface area contributed by atoms with Gasteiger partial charge in [-0.1, -0.05) is 48.6 Å². The molecule has 0 N–H and O–H groups in total. The van der Waals surface area contributed by atoms with E-state index in [1.807, 2.05) is 68.7 Å². The van der Waals surface area contributed by atoms with Gasteiger partial charge in [0.25, 0.3) is 5.91 Å². The fraction of sp³-hybridized carbons (Fsp3) is 0.231. The van der Waals surface area contributed by atoms with Crippen LogP contribution in [0.1, 0.15) is 22.8 Å². The number of carbonyl (C=O) groups excluding carboxylic acids is 1. The monoisotopic (exact) mass is 481 g/mol. The van der Waals surface area contributed by atoms with Gasteiger partial charge in [0.1, 0.15) is 11.5 Å². The number of benzene rings is 3. The van der Waals surface area contributed by atoms with Crippen molar-refractivity contribution >= 4 is 45.0 Å². The van der Waals surface area contributed by atoms with Crippen molar-refractivity contribution in [3.8, 4) is 11.5 Å². The fourth-order valence-corrected chi connectivity index (χ4v) is 4.40. The first-order chi connectivity index (χ1) is 15.5. The first-order valence-corrected chi connectivity index (χ1v) is 11.5. The molecule has 0 unspecified atom stereocenters. The molecule has 1 heterocycles. The van der Waals surface area contributed by atoms with E-state index in [1.54, 1.807) is 22.3 Å². The second kappa shape index (κ2) is 11.3. The third-order valence-corrected chi connectivity index (χ3v) is 6.20. The maximum Gasteiger partial charge on any atom is 0.260 e. The quantitative estimate of drug-likeness (QED) is 0.297. The number of para-hydroxylation sites is 1. The molecule has 1 amide bonds. The third kappa shape index (κ3) is 6.11. The van der Waals surface area contributed by atoms with E-state index in [0.717, 1.165) is 34.1 Å². The minimum atomic E-state index is -0.0832. The largest absolute Gasteiger partial charge is 0.457 e. The number of aryl methyl sites for hydroxylation is 1. The highest BCUT2D eigenvalue weighted by molar-refractivity contribution is 7.22. The molecule has 0 aliphatic rings. The van der Waals surface area contributed by atoms with Gasteiger partial charge in [-0.05, 0) is 68.5 Å². The summed E-state index contributed by atoms with van der Waals surface area (Å²) in [7, 11) is 4.01. The minimum absolute atomic E-state index is 0. The molecule has 0 radical (unpaired) electrons. The predicted molar refractivity (Wildman–Crippen MR) is 139 cm³/mol. The van der Waals surface area contributed by atoms with Gasteiger partial charge in [-0.15, -0.1) is 12.4 Å². The minimum Gasteiger partial charge on any atom is -0.457 e. The molecule has 4 aromatic rings. The lowest BCUT2D eigenvalue weighted by atomic mass is 10.2. The van der Waals surface area contributed by atoms with Crippen LogP contribution in [0.5, 0.6) is 11.5 Å². The van der Waals surface area contributed by atoms with E-state index in [1.165, 1.54) is 5.56 Å². The first-order valence-electron chi connectivity index (χ1n) is 10.7. The molecule has 172 valence electrons. The molecule has 7 heteroatoms. The van der Waals surface area contributed by atoms with Gasteiger partial charge >= 0.3 is 0 Å². The Bertz CT molecular complexity index is 1210. The van der Waals surface area contributed by atoms with Crippen LogP contribution < -0.4 is 9.64 Å². The molecule has 0 saturated carbocycles. The zero-order valence-corrected chi connectivity index (χ0v) is 20.7. The molecule has 0 fully saturated rings. The Kier molecular flexibility index (Phi) is 8.44. The summed E-state index contributed by atoms with van der Waals surface area (Å²) in [5, 5.41) is 0.717. The molecule has 0 aliphatic heterocycles. The van der Waals surface area contributed by atoms with Gasteiger partial charge in [-0.2, -0.15) is 0 Å². The van der Waals surface area contributed by atoms with Crippen molar-refractivity contribution in [2.75, 3.05) is 32.1 Å². The molecule has 0 saturated heterocycles. The Morgan fingerprint density at radius 1 is 0.939 bits per heavy atom. The van der Waals surface area contributed by atoms with Crippen LogP contribution in [0.4, 0.5) is 5.13 Å². The number of carbonyl (C=O) groups is 1. The summed E-state index contributed by atoms with van der Waals surface area (Å²) in [6.45, 7) is 3.43. The summed E-state index contributed by atoms with van der Waals surface area (Å²) in [5.41, 5.74) is 2.77. The van der Waals surface area contributed by atoms with Crippen molar-refractivity contribution in [3.05, 3.63) is 83.9 Å².